The van der Waals surface area contributed by atoms with Gasteiger partial charge in [-0.1, -0.05) is 6.92 Å². The van der Waals surface area contributed by atoms with E-state index in [0.717, 1.165) is 19.2 Å². The van der Waals surface area contributed by atoms with Crippen LogP contribution in [0.15, 0.2) is 6.20 Å². The van der Waals surface area contributed by atoms with E-state index >= 15 is 0 Å². The molecule has 2 N–H and O–H groups in total. The van der Waals surface area contributed by atoms with Crippen LogP contribution in [0.2, 0.25) is 0 Å². The highest BCUT2D eigenvalue weighted by Gasteiger charge is 2.10. The molecule has 0 aromatic carbocycles. The number of nitrogens with one attached hydrogen (secondary N) is 1. The highest BCUT2D eigenvalue weighted by Crippen LogP contribution is 2.15. The lowest BCUT2D eigenvalue weighted by Crippen LogP contribution is -2.24. The summed E-state index contributed by atoms with van der Waals surface area (Å²) >= 11 is 0. The molecule has 0 saturated heterocycles. The van der Waals surface area contributed by atoms with Gasteiger partial charge < -0.3 is 15.3 Å². The molecule has 6 heteroatoms. The lowest BCUT2D eigenvalue weighted by Gasteiger charge is -2.17. The molecule has 0 aliphatic carbocycles. The van der Waals surface area contributed by atoms with Crippen molar-refractivity contribution in [3.05, 3.63) is 12.0 Å². The van der Waals surface area contributed by atoms with Crippen molar-refractivity contribution in [2.24, 2.45) is 0 Å². The highest BCUT2D eigenvalue weighted by molar-refractivity contribution is 5.43. The van der Waals surface area contributed by atoms with Gasteiger partial charge >= 0.3 is 0 Å². The highest BCUT2D eigenvalue weighted by atomic mass is 19.1. The van der Waals surface area contributed by atoms with Gasteiger partial charge in [-0.3, -0.25) is 0 Å². The first-order valence-electron chi connectivity index (χ1n) is 5.27. The molecule has 90 valence electrons. The van der Waals surface area contributed by atoms with Gasteiger partial charge in [-0.25, -0.2) is 9.37 Å². The Morgan fingerprint density at radius 2 is 2.31 bits per heavy atom. The molecular weight excluding hydrogens is 211 g/mol. The smallest absolute Gasteiger partial charge is 0.224 e. The molecule has 0 fully saturated rings. The van der Waals surface area contributed by atoms with E-state index in [1.807, 2.05) is 6.92 Å². The first-order chi connectivity index (χ1) is 7.69. The van der Waals surface area contributed by atoms with E-state index in [1.54, 1.807) is 11.9 Å². The van der Waals surface area contributed by atoms with Crippen LogP contribution in [0.3, 0.4) is 0 Å². The predicted molar refractivity (Wildman–Crippen MR) is 61.1 cm³/mol. The first kappa shape index (κ1) is 12.6. The second-order valence-electron chi connectivity index (χ2n) is 3.44. The molecule has 0 aliphatic heterocycles. The largest absolute Gasteiger partial charge is 0.395 e. The summed E-state index contributed by atoms with van der Waals surface area (Å²) in [5.41, 5.74) is 0. The Balaban J connectivity index is 2.81. The van der Waals surface area contributed by atoms with Crippen molar-refractivity contribution in [1.82, 2.24) is 9.97 Å². The second-order valence-corrected chi connectivity index (χ2v) is 3.44. The molecule has 0 spiro atoms. The number of halogens is 1. The number of rotatable bonds is 6. The maximum absolute atomic E-state index is 13.4. The van der Waals surface area contributed by atoms with Gasteiger partial charge in [-0.05, 0) is 6.42 Å². The number of aromatic nitrogens is 2. The van der Waals surface area contributed by atoms with Crippen LogP contribution in [-0.2, 0) is 0 Å². The third-order valence-electron chi connectivity index (χ3n) is 2.06. The third-order valence-corrected chi connectivity index (χ3v) is 2.06. The van der Waals surface area contributed by atoms with Crippen molar-refractivity contribution in [3.63, 3.8) is 0 Å². The normalized spacial score (nSPS) is 10.2. The van der Waals surface area contributed by atoms with Crippen molar-refractivity contribution < 1.29 is 9.50 Å². The van der Waals surface area contributed by atoms with Gasteiger partial charge in [0.25, 0.3) is 0 Å². The van der Waals surface area contributed by atoms with Crippen LogP contribution in [-0.4, -0.2) is 41.8 Å². The van der Waals surface area contributed by atoms with Crippen LogP contribution in [0.4, 0.5) is 16.2 Å². The van der Waals surface area contributed by atoms with Crippen molar-refractivity contribution in [2.75, 3.05) is 37.0 Å². The van der Waals surface area contributed by atoms with Crippen LogP contribution in [0.5, 0.6) is 0 Å². The van der Waals surface area contributed by atoms with Gasteiger partial charge in [0.2, 0.25) is 5.95 Å². The molecular formula is C10H17FN4O. The standard InChI is InChI=1S/C10H17FN4O/c1-3-4-12-10-13-7-8(11)9(14-10)15(2)5-6-16/h7,16H,3-6H2,1-2H3,(H,12,13,14). The number of aliphatic hydroxyl groups is 1. The number of anilines is 2. The summed E-state index contributed by atoms with van der Waals surface area (Å²) in [7, 11) is 1.67. The number of nitrogens with zero attached hydrogens (tertiary/aromatic N) is 3. The second kappa shape index (κ2) is 6.22. The molecule has 0 atom stereocenters. The minimum absolute atomic E-state index is 0.0440. The fourth-order valence-corrected chi connectivity index (χ4v) is 1.20. The molecule has 0 aliphatic rings. The average molecular weight is 228 g/mol. The Morgan fingerprint density at radius 3 is 2.94 bits per heavy atom. The quantitative estimate of drug-likeness (QED) is 0.756. The molecule has 1 rings (SSSR count). The van der Waals surface area contributed by atoms with Crippen molar-refractivity contribution in [3.8, 4) is 0 Å². The van der Waals surface area contributed by atoms with E-state index in [4.69, 9.17) is 5.11 Å². The minimum atomic E-state index is -0.488. The van der Waals surface area contributed by atoms with E-state index in [2.05, 4.69) is 15.3 Å². The Morgan fingerprint density at radius 1 is 1.56 bits per heavy atom. The summed E-state index contributed by atoms with van der Waals surface area (Å²) in [5.74, 6) is 0.115. The SMILES string of the molecule is CCCNc1ncc(F)c(N(C)CCO)n1. The number of likely N-dealkylation sites (N-methyl/N-ethyl adjacent to an activating group) is 1. The van der Waals surface area contributed by atoms with Gasteiger partial charge in [-0.15, -0.1) is 0 Å². The van der Waals surface area contributed by atoms with Gasteiger partial charge in [0.1, 0.15) is 0 Å². The number of aliphatic hydroxyl groups excluding tert-OH is 1. The summed E-state index contributed by atoms with van der Waals surface area (Å²) in [4.78, 5) is 9.43. The topological polar surface area (TPSA) is 61.3 Å². The molecule has 1 heterocycles. The van der Waals surface area contributed by atoms with E-state index in [1.165, 1.54) is 0 Å². The zero-order chi connectivity index (χ0) is 12.0. The molecule has 16 heavy (non-hydrogen) atoms. The van der Waals surface area contributed by atoms with E-state index < -0.39 is 5.82 Å². The van der Waals surface area contributed by atoms with Gasteiger partial charge in [0.15, 0.2) is 11.6 Å². The third kappa shape index (κ3) is 3.30. The predicted octanol–water partition coefficient (Wildman–Crippen LogP) is 0.866. The Kier molecular flexibility index (Phi) is 4.91. The molecule has 0 radical (unpaired) electrons. The number of hydrogen-bond donors (Lipinski definition) is 2. The molecule has 5 nitrogen and oxygen atoms in total. The molecule has 0 bridgehead atoms. The fourth-order valence-electron chi connectivity index (χ4n) is 1.20. The van der Waals surface area contributed by atoms with Crippen LogP contribution >= 0.6 is 0 Å². The van der Waals surface area contributed by atoms with Crippen molar-refractivity contribution >= 4 is 11.8 Å². The van der Waals surface area contributed by atoms with Crippen LogP contribution in [0, 0.1) is 5.82 Å². The molecule has 0 saturated carbocycles. The summed E-state index contributed by atoms with van der Waals surface area (Å²) in [6, 6.07) is 0. The average Bonchev–Trinajstić information content (AvgIpc) is 2.28. The molecule has 1 aromatic heterocycles. The number of hydrogen-bond acceptors (Lipinski definition) is 5. The zero-order valence-corrected chi connectivity index (χ0v) is 9.57. The summed E-state index contributed by atoms with van der Waals surface area (Å²) < 4.78 is 13.4. The lowest BCUT2D eigenvalue weighted by molar-refractivity contribution is 0.303. The summed E-state index contributed by atoms with van der Waals surface area (Å²) in [6.45, 7) is 3.06. The maximum Gasteiger partial charge on any atom is 0.224 e. The Bertz CT molecular complexity index is 335. The molecule has 1 aromatic rings. The van der Waals surface area contributed by atoms with Crippen LogP contribution in [0.1, 0.15) is 13.3 Å². The zero-order valence-electron chi connectivity index (χ0n) is 9.57. The van der Waals surface area contributed by atoms with Gasteiger partial charge in [0, 0.05) is 20.1 Å². The maximum atomic E-state index is 13.4. The monoisotopic (exact) mass is 228 g/mol. The van der Waals surface area contributed by atoms with Gasteiger partial charge in [0.05, 0.1) is 12.8 Å². The van der Waals surface area contributed by atoms with E-state index in [0.29, 0.717) is 12.5 Å². The van der Waals surface area contributed by atoms with Crippen molar-refractivity contribution in [1.29, 1.82) is 0 Å². The molecule has 0 unspecified atom stereocenters. The van der Waals surface area contributed by atoms with E-state index in [-0.39, 0.29) is 12.4 Å². The van der Waals surface area contributed by atoms with Crippen molar-refractivity contribution in [2.45, 2.75) is 13.3 Å². The fraction of sp³-hybridized carbons (Fsp3) is 0.600. The van der Waals surface area contributed by atoms with E-state index in [9.17, 15) is 4.39 Å². The first-order valence-corrected chi connectivity index (χ1v) is 5.27. The van der Waals surface area contributed by atoms with Crippen LogP contribution < -0.4 is 10.2 Å². The van der Waals surface area contributed by atoms with Gasteiger partial charge in [-0.2, -0.15) is 4.98 Å². The summed E-state index contributed by atoms with van der Waals surface area (Å²) in [6.07, 6.45) is 2.08. The van der Waals surface area contributed by atoms with Crippen LogP contribution in [0.25, 0.3) is 0 Å². The lowest BCUT2D eigenvalue weighted by atomic mass is 10.4. The summed E-state index contributed by atoms with van der Waals surface area (Å²) in [5, 5.41) is 11.8. The molecule has 0 amide bonds. The Hall–Kier alpha value is -1.43. The minimum Gasteiger partial charge on any atom is -0.395 e. The Labute approximate surface area is 94.3 Å².